The number of hydrogen-bond acceptors (Lipinski definition) is 3. The van der Waals surface area contributed by atoms with E-state index in [9.17, 15) is 0 Å². The summed E-state index contributed by atoms with van der Waals surface area (Å²) in [5, 5.41) is 0. The fourth-order valence-corrected chi connectivity index (χ4v) is 4.45. The first kappa shape index (κ1) is 17.2. The quantitative estimate of drug-likeness (QED) is 0.865. The molecule has 1 saturated heterocycles. The molecule has 2 rings (SSSR count). The van der Waals surface area contributed by atoms with Crippen molar-refractivity contribution in [2.75, 3.05) is 40.3 Å². The van der Waals surface area contributed by atoms with Gasteiger partial charge < -0.3 is 15.5 Å². The lowest BCUT2D eigenvalue weighted by molar-refractivity contribution is 0.0199. The average Bonchev–Trinajstić information content (AvgIpc) is 2.41. The van der Waals surface area contributed by atoms with Crippen molar-refractivity contribution in [3.05, 3.63) is 0 Å². The van der Waals surface area contributed by atoms with E-state index in [-0.39, 0.29) is 0 Å². The minimum atomic E-state index is 0.387. The largest absolute Gasteiger partial charge is 0.327 e. The SMILES string of the molecule is CC1C(N)CCC(CN2CCC(CN(C)C)CC2)C1(C)C. The summed E-state index contributed by atoms with van der Waals surface area (Å²) < 4.78 is 0. The normalized spacial score (nSPS) is 35.3. The Labute approximate surface area is 132 Å². The molecule has 0 radical (unpaired) electrons. The van der Waals surface area contributed by atoms with E-state index in [1.54, 1.807) is 0 Å². The smallest absolute Gasteiger partial charge is 0.00698 e. The highest BCUT2D eigenvalue weighted by Crippen LogP contribution is 2.44. The van der Waals surface area contributed by atoms with Gasteiger partial charge in [0.25, 0.3) is 0 Å². The molecule has 0 aromatic heterocycles. The van der Waals surface area contributed by atoms with Gasteiger partial charge >= 0.3 is 0 Å². The molecule has 124 valence electrons. The molecule has 0 spiro atoms. The highest BCUT2D eigenvalue weighted by molar-refractivity contribution is 4.94. The van der Waals surface area contributed by atoms with Gasteiger partial charge in [-0.1, -0.05) is 20.8 Å². The predicted octanol–water partition coefficient (Wildman–Crippen LogP) is 2.66. The van der Waals surface area contributed by atoms with Crippen LogP contribution >= 0.6 is 0 Å². The third-order valence-electron chi connectivity index (χ3n) is 6.53. The highest BCUT2D eigenvalue weighted by atomic mass is 15.1. The zero-order valence-electron chi connectivity index (χ0n) is 14.9. The molecule has 0 aromatic carbocycles. The Hall–Kier alpha value is -0.120. The molecule has 0 amide bonds. The lowest BCUT2D eigenvalue weighted by atomic mass is 9.61. The molecule has 3 unspecified atom stereocenters. The van der Waals surface area contributed by atoms with E-state index in [0.29, 0.717) is 17.4 Å². The summed E-state index contributed by atoms with van der Waals surface area (Å²) in [5.41, 5.74) is 6.68. The molecule has 0 bridgehead atoms. The van der Waals surface area contributed by atoms with Crippen molar-refractivity contribution >= 4 is 0 Å². The van der Waals surface area contributed by atoms with E-state index in [1.807, 2.05) is 0 Å². The van der Waals surface area contributed by atoms with Crippen molar-refractivity contribution in [2.24, 2.45) is 28.9 Å². The molecule has 2 fully saturated rings. The standard InChI is InChI=1S/C18H37N3/c1-14-17(19)7-6-16(18(14,2)3)13-21-10-8-15(9-11-21)12-20(4)5/h14-17H,6-13,19H2,1-5H3. The Morgan fingerprint density at radius 2 is 1.71 bits per heavy atom. The van der Waals surface area contributed by atoms with Crippen molar-refractivity contribution < 1.29 is 0 Å². The van der Waals surface area contributed by atoms with Crippen LogP contribution in [0.15, 0.2) is 0 Å². The molecular formula is C18H37N3. The molecule has 3 atom stereocenters. The fraction of sp³-hybridized carbons (Fsp3) is 1.00. The second-order valence-electron chi connectivity index (χ2n) is 8.55. The zero-order valence-corrected chi connectivity index (χ0v) is 14.9. The molecule has 1 saturated carbocycles. The topological polar surface area (TPSA) is 32.5 Å². The minimum Gasteiger partial charge on any atom is -0.327 e. The number of hydrogen-bond donors (Lipinski definition) is 1. The maximum Gasteiger partial charge on any atom is 0.00698 e. The summed E-state index contributed by atoms with van der Waals surface area (Å²) >= 11 is 0. The Morgan fingerprint density at radius 3 is 2.29 bits per heavy atom. The van der Waals surface area contributed by atoms with Crippen LogP contribution < -0.4 is 5.73 Å². The van der Waals surface area contributed by atoms with E-state index in [2.05, 4.69) is 44.7 Å². The number of rotatable bonds is 4. The predicted molar refractivity (Wildman–Crippen MR) is 91.4 cm³/mol. The van der Waals surface area contributed by atoms with Gasteiger partial charge in [0, 0.05) is 19.1 Å². The molecule has 0 aromatic rings. The molecule has 1 aliphatic heterocycles. The number of nitrogens with two attached hydrogens (primary N) is 1. The van der Waals surface area contributed by atoms with Crippen LogP contribution in [-0.2, 0) is 0 Å². The van der Waals surface area contributed by atoms with Crippen molar-refractivity contribution in [1.82, 2.24) is 9.80 Å². The monoisotopic (exact) mass is 295 g/mol. The lowest BCUT2D eigenvalue weighted by Crippen LogP contribution is -2.51. The lowest BCUT2D eigenvalue weighted by Gasteiger charge is -2.49. The molecule has 1 aliphatic carbocycles. The van der Waals surface area contributed by atoms with Gasteiger partial charge in [-0.05, 0) is 76.0 Å². The summed E-state index contributed by atoms with van der Waals surface area (Å²) in [5.74, 6) is 2.36. The highest BCUT2D eigenvalue weighted by Gasteiger charge is 2.42. The van der Waals surface area contributed by atoms with E-state index in [1.165, 1.54) is 51.9 Å². The number of piperidine rings is 1. The first-order chi connectivity index (χ1) is 9.80. The molecule has 1 heterocycles. The van der Waals surface area contributed by atoms with Gasteiger partial charge in [0.15, 0.2) is 0 Å². The number of likely N-dealkylation sites (tertiary alicyclic amines) is 1. The van der Waals surface area contributed by atoms with Gasteiger partial charge in [-0.2, -0.15) is 0 Å². The number of nitrogens with zero attached hydrogens (tertiary/aromatic N) is 2. The van der Waals surface area contributed by atoms with Crippen LogP contribution in [-0.4, -0.2) is 56.1 Å². The van der Waals surface area contributed by atoms with Crippen LogP contribution in [0, 0.1) is 23.2 Å². The first-order valence-electron chi connectivity index (χ1n) is 8.93. The van der Waals surface area contributed by atoms with E-state index in [0.717, 1.165) is 11.8 Å². The summed E-state index contributed by atoms with van der Waals surface area (Å²) in [6, 6.07) is 0.405. The maximum absolute atomic E-state index is 6.30. The Bertz CT molecular complexity index is 318. The fourth-order valence-electron chi connectivity index (χ4n) is 4.45. The third kappa shape index (κ3) is 4.20. The third-order valence-corrected chi connectivity index (χ3v) is 6.53. The summed E-state index contributed by atoms with van der Waals surface area (Å²) in [6.07, 6.45) is 5.28. The van der Waals surface area contributed by atoms with Crippen molar-refractivity contribution in [3.8, 4) is 0 Å². The van der Waals surface area contributed by atoms with Crippen LogP contribution in [0.1, 0.15) is 46.5 Å². The van der Waals surface area contributed by atoms with Gasteiger partial charge in [0.05, 0.1) is 0 Å². The van der Waals surface area contributed by atoms with Crippen LogP contribution in [0.4, 0.5) is 0 Å². The van der Waals surface area contributed by atoms with E-state index < -0.39 is 0 Å². The molecule has 3 nitrogen and oxygen atoms in total. The molecule has 21 heavy (non-hydrogen) atoms. The summed E-state index contributed by atoms with van der Waals surface area (Å²) in [6.45, 7) is 12.4. The minimum absolute atomic E-state index is 0.387. The van der Waals surface area contributed by atoms with Gasteiger partial charge in [-0.15, -0.1) is 0 Å². The zero-order chi connectivity index (χ0) is 15.6. The summed E-state index contributed by atoms with van der Waals surface area (Å²) in [7, 11) is 4.39. The van der Waals surface area contributed by atoms with Gasteiger partial charge in [0.2, 0.25) is 0 Å². The Morgan fingerprint density at radius 1 is 1.10 bits per heavy atom. The van der Waals surface area contributed by atoms with E-state index in [4.69, 9.17) is 5.73 Å². The second kappa shape index (κ2) is 6.97. The van der Waals surface area contributed by atoms with Crippen LogP contribution in [0.25, 0.3) is 0 Å². The summed E-state index contributed by atoms with van der Waals surface area (Å²) in [4.78, 5) is 5.07. The van der Waals surface area contributed by atoms with E-state index >= 15 is 0 Å². The van der Waals surface area contributed by atoms with Crippen LogP contribution in [0.5, 0.6) is 0 Å². The molecular weight excluding hydrogens is 258 g/mol. The van der Waals surface area contributed by atoms with Gasteiger partial charge in [-0.25, -0.2) is 0 Å². The van der Waals surface area contributed by atoms with Crippen molar-refractivity contribution in [2.45, 2.75) is 52.5 Å². The van der Waals surface area contributed by atoms with Crippen molar-refractivity contribution in [3.63, 3.8) is 0 Å². The maximum atomic E-state index is 6.30. The second-order valence-corrected chi connectivity index (χ2v) is 8.55. The molecule has 2 N–H and O–H groups in total. The van der Waals surface area contributed by atoms with Crippen molar-refractivity contribution in [1.29, 1.82) is 0 Å². The average molecular weight is 296 g/mol. The molecule has 2 aliphatic rings. The Balaban J connectivity index is 1.83. The van der Waals surface area contributed by atoms with Gasteiger partial charge in [0.1, 0.15) is 0 Å². The van der Waals surface area contributed by atoms with Crippen LogP contribution in [0.3, 0.4) is 0 Å². The van der Waals surface area contributed by atoms with Crippen LogP contribution in [0.2, 0.25) is 0 Å². The van der Waals surface area contributed by atoms with Gasteiger partial charge in [-0.3, -0.25) is 0 Å². The Kier molecular flexibility index (Phi) is 5.72. The first-order valence-corrected chi connectivity index (χ1v) is 8.93. The molecule has 3 heteroatoms.